The molecule has 0 unspecified atom stereocenters. The van der Waals surface area contributed by atoms with E-state index in [9.17, 15) is 18.8 Å². The zero-order chi connectivity index (χ0) is 20.3. The van der Waals surface area contributed by atoms with Crippen LogP contribution in [0.4, 0.5) is 14.9 Å². The molecule has 0 aromatic heterocycles. The van der Waals surface area contributed by atoms with E-state index in [0.29, 0.717) is 29.8 Å². The number of nitrogens with zero attached hydrogens (tertiary/aromatic N) is 2. The van der Waals surface area contributed by atoms with Gasteiger partial charge in [-0.05, 0) is 24.1 Å². The molecule has 150 valence electrons. The smallest absolute Gasteiger partial charge is 0.414 e. The summed E-state index contributed by atoms with van der Waals surface area (Å²) < 4.78 is 20.0. The molecule has 0 bridgehead atoms. The predicted octanol–water partition coefficient (Wildman–Crippen LogP) is 0.895. The lowest BCUT2D eigenvalue weighted by Crippen LogP contribution is -2.36. The van der Waals surface area contributed by atoms with Crippen molar-refractivity contribution in [2.75, 3.05) is 37.7 Å². The minimum absolute atomic E-state index is 0.184. The van der Waals surface area contributed by atoms with Crippen LogP contribution < -0.4 is 10.2 Å². The molecule has 8 nitrogen and oxygen atoms in total. The average Bonchev–Trinajstić information content (AvgIpc) is 3.06. The fourth-order valence-corrected chi connectivity index (χ4v) is 3.36. The second kappa shape index (κ2) is 8.39. The van der Waals surface area contributed by atoms with E-state index in [0.717, 1.165) is 0 Å². The van der Waals surface area contributed by atoms with Crippen LogP contribution in [-0.4, -0.2) is 66.8 Å². The van der Waals surface area contributed by atoms with Crippen LogP contribution in [0.15, 0.2) is 24.3 Å². The van der Waals surface area contributed by atoms with Gasteiger partial charge in [-0.3, -0.25) is 14.5 Å². The second-order valence-electron chi connectivity index (χ2n) is 6.66. The summed E-state index contributed by atoms with van der Waals surface area (Å²) in [6, 6.07) is 4.49. The maximum Gasteiger partial charge on any atom is 0.414 e. The van der Waals surface area contributed by atoms with Crippen LogP contribution in [-0.2, 0) is 14.3 Å². The summed E-state index contributed by atoms with van der Waals surface area (Å²) in [4.78, 5) is 37.9. The fourth-order valence-electron chi connectivity index (χ4n) is 3.36. The molecular formula is C19H22FN3O5. The Balaban J connectivity index is 1.83. The Morgan fingerprint density at radius 2 is 2.18 bits per heavy atom. The number of aliphatic hydroxyl groups is 1. The van der Waals surface area contributed by atoms with E-state index in [2.05, 4.69) is 5.32 Å². The molecule has 2 heterocycles. The highest BCUT2D eigenvalue weighted by Crippen LogP contribution is 2.35. The summed E-state index contributed by atoms with van der Waals surface area (Å²) in [5, 5.41) is 11.6. The highest BCUT2D eigenvalue weighted by Gasteiger charge is 2.35. The van der Waals surface area contributed by atoms with Gasteiger partial charge >= 0.3 is 6.09 Å². The summed E-state index contributed by atoms with van der Waals surface area (Å²) >= 11 is 0. The molecule has 0 spiro atoms. The molecule has 28 heavy (non-hydrogen) atoms. The third-order valence-corrected chi connectivity index (χ3v) is 4.75. The van der Waals surface area contributed by atoms with Crippen molar-refractivity contribution in [2.24, 2.45) is 0 Å². The van der Waals surface area contributed by atoms with Gasteiger partial charge < -0.3 is 20.1 Å². The first-order valence-corrected chi connectivity index (χ1v) is 9.00. The van der Waals surface area contributed by atoms with E-state index in [4.69, 9.17) is 9.84 Å². The minimum Gasteiger partial charge on any atom is -0.442 e. The highest BCUT2D eigenvalue weighted by molar-refractivity contribution is 5.94. The maximum atomic E-state index is 14.7. The number of benzene rings is 1. The van der Waals surface area contributed by atoms with Crippen molar-refractivity contribution < 1.29 is 28.6 Å². The van der Waals surface area contributed by atoms with Crippen molar-refractivity contribution in [3.8, 4) is 0 Å². The molecule has 1 atom stereocenters. The minimum atomic E-state index is -0.601. The van der Waals surface area contributed by atoms with Gasteiger partial charge in [-0.15, -0.1) is 0 Å². The van der Waals surface area contributed by atoms with Gasteiger partial charge in [0.2, 0.25) is 11.8 Å². The fraction of sp³-hybridized carbons (Fsp3) is 0.421. The first-order valence-electron chi connectivity index (χ1n) is 9.00. The molecule has 1 aromatic carbocycles. The first kappa shape index (κ1) is 19.8. The number of carbonyl (C=O) groups is 3. The van der Waals surface area contributed by atoms with Crippen LogP contribution in [0, 0.1) is 5.82 Å². The van der Waals surface area contributed by atoms with Crippen LogP contribution in [0.25, 0.3) is 5.57 Å². The summed E-state index contributed by atoms with van der Waals surface area (Å²) in [6.45, 7) is 1.80. The van der Waals surface area contributed by atoms with Gasteiger partial charge in [0, 0.05) is 25.6 Å². The van der Waals surface area contributed by atoms with E-state index >= 15 is 0 Å². The number of hydrogen-bond donors (Lipinski definition) is 2. The van der Waals surface area contributed by atoms with E-state index in [-0.39, 0.29) is 31.4 Å². The molecule has 0 saturated carbocycles. The Morgan fingerprint density at radius 1 is 1.39 bits per heavy atom. The number of halogens is 1. The molecule has 2 N–H and O–H groups in total. The standard InChI is InChI=1S/C19H22FN3O5/c1-12(25)21-9-14-10-23(19(27)28-14)16-4-2-3-15(20)18(16)13-5-7-22(8-6-13)17(26)11-24/h2-5,14,24H,6-11H2,1H3,(H,21,25)/t14-/m0/s1. The number of aliphatic hydroxyl groups excluding tert-OH is 1. The molecule has 1 saturated heterocycles. The summed E-state index contributed by atoms with van der Waals surface area (Å²) in [6.07, 6.45) is 1.01. The number of carbonyl (C=O) groups excluding carboxylic acids is 3. The number of nitrogens with one attached hydrogen (secondary N) is 1. The van der Waals surface area contributed by atoms with E-state index in [1.165, 1.54) is 28.9 Å². The first-order chi connectivity index (χ1) is 13.4. The number of rotatable bonds is 5. The third kappa shape index (κ3) is 4.14. The maximum absolute atomic E-state index is 14.7. The number of amides is 3. The zero-order valence-electron chi connectivity index (χ0n) is 15.5. The van der Waals surface area contributed by atoms with Crippen molar-refractivity contribution in [3.63, 3.8) is 0 Å². The average molecular weight is 391 g/mol. The van der Waals surface area contributed by atoms with Gasteiger partial charge in [-0.2, -0.15) is 0 Å². The summed E-state index contributed by atoms with van der Waals surface area (Å²) in [5.74, 6) is -1.08. The highest BCUT2D eigenvalue weighted by atomic mass is 19.1. The van der Waals surface area contributed by atoms with Crippen LogP contribution in [0.1, 0.15) is 18.9 Å². The molecule has 1 aromatic rings. The molecule has 2 aliphatic heterocycles. The lowest BCUT2D eigenvalue weighted by atomic mass is 9.96. The van der Waals surface area contributed by atoms with Gasteiger partial charge in [0.05, 0.1) is 18.8 Å². The molecule has 0 radical (unpaired) electrons. The largest absolute Gasteiger partial charge is 0.442 e. The number of anilines is 1. The van der Waals surface area contributed by atoms with Crippen LogP contribution in [0.3, 0.4) is 0 Å². The van der Waals surface area contributed by atoms with E-state index in [1.54, 1.807) is 12.1 Å². The van der Waals surface area contributed by atoms with E-state index < -0.39 is 24.6 Å². The second-order valence-corrected chi connectivity index (χ2v) is 6.66. The van der Waals surface area contributed by atoms with Crippen molar-refractivity contribution in [3.05, 3.63) is 35.7 Å². The predicted molar refractivity (Wildman–Crippen MR) is 99.0 cm³/mol. The molecule has 1 fully saturated rings. The molecular weight excluding hydrogens is 369 g/mol. The zero-order valence-corrected chi connectivity index (χ0v) is 15.5. The number of ether oxygens (including phenoxy) is 1. The SMILES string of the molecule is CC(=O)NC[C@H]1CN(c2cccc(F)c2C2=CCN(C(=O)CO)CC2)C(=O)O1. The number of hydrogen-bond acceptors (Lipinski definition) is 5. The Labute approximate surface area is 161 Å². The quantitative estimate of drug-likeness (QED) is 0.777. The summed E-state index contributed by atoms with van der Waals surface area (Å²) in [5.41, 5.74) is 1.38. The Hall–Kier alpha value is -2.94. The Bertz CT molecular complexity index is 826. The Kier molecular flexibility index (Phi) is 5.93. The van der Waals surface area contributed by atoms with Crippen molar-refractivity contribution >= 4 is 29.2 Å². The molecule has 3 rings (SSSR count). The van der Waals surface area contributed by atoms with Gasteiger partial charge in [-0.1, -0.05) is 12.1 Å². The normalized spacial score (nSPS) is 19.3. The Morgan fingerprint density at radius 3 is 2.82 bits per heavy atom. The van der Waals surface area contributed by atoms with Crippen molar-refractivity contribution in [1.29, 1.82) is 0 Å². The van der Waals surface area contributed by atoms with Gasteiger partial charge in [0.25, 0.3) is 0 Å². The van der Waals surface area contributed by atoms with Crippen LogP contribution in [0.2, 0.25) is 0 Å². The third-order valence-electron chi connectivity index (χ3n) is 4.75. The van der Waals surface area contributed by atoms with Crippen LogP contribution in [0.5, 0.6) is 0 Å². The lowest BCUT2D eigenvalue weighted by Gasteiger charge is -2.28. The lowest BCUT2D eigenvalue weighted by molar-refractivity contribution is -0.133. The molecule has 9 heteroatoms. The number of cyclic esters (lactones) is 1. The molecule has 2 aliphatic rings. The van der Waals surface area contributed by atoms with Crippen LogP contribution >= 0.6 is 0 Å². The molecule has 0 aliphatic carbocycles. The van der Waals surface area contributed by atoms with Crippen molar-refractivity contribution in [1.82, 2.24) is 10.2 Å². The van der Waals surface area contributed by atoms with Gasteiger partial charge in [0.15, 0.2) is 0 Å². The van der Waals surface area contributed by atoms with E-state index in [1.807, 2.05) is 0 Å². The molecule has 3 amide bonds. The summed E-state index contributed by atoms with van der Waals surface area (Å²) in [7, 11) is 0. The van der Waals surface area contributed by atoms with Gasteiger partial charge in [0.1, 0.15) is 18.5 Å². The van der Waals surface area contributed by atoms with Crippen molar-refractivity contribution in [2.45, 2.75) is 19.4 Å². The van der Waals surface area contributed by atoms with Gasteiger partial charge in [-0.25, -0.2) is 9.18 Å². The monoisotopic (exact) mass is 391 g/mol. The topological polar surface area (TPSA) is 99.2 Å².